The van der Waals surface area contributed by atoms with Crippen molar-refractivity contribution >= 4 is 23.4 Å². The molecular formula is C15H17N3O2S. The molecule has 3 rings (SSSR count). The van der Waals surface area contributed by atoms with Gasteiger partial charge in [-0.15, -0.1) is 11.3 Å². The zero-order chi connectivity index (χ0) is 14.8. The maximum atomic E-state index is 11.4. The lowest BCUT2D eigenvalue weighted by atomic mass is 10.1. The number of thiazole rings is 1. The van der Waals surface area contributed by atoms with Gasteiger partial charge in [-0.3, -0.25) is 4.79 Å². The Labute approximate surface area is 127 Å². The van der Waals surface area contributed by atoms with Crippen LogP contribution in [0.3, 0.4) is 0 Å². The van der Waals surface area contributed by atoms with Crippen LogP contribution in [0.1, 0.15) is 24.2 Å². The Bertz CT molecular complexity index is 620. The highest BCUT2D eigenvalue weighted by atomic mass is 32.1. The largest absolute Gasteiger partial charge is 0.372 e. The topological polar surface area (TPSA) is 55.3 Å². The second-order valence-corrected chi connectivity index (χ2v) is 6.15. The Hall–Kier alpha value is -1.79. The van der Waals surface area contributed by atoms with E-state index in [1.807, 2.05) is 25.3 Å². The molecule has 6 heteroatoms. The third-order valence-electron chi connectivity index (χ3n) is 3.42. The molecule has 2 aromatic heterocycles. The smallest absolute Gasteiger partial charge is 0.153 e. The molecule has 21 heavy (non-hydrogen) atoms. The quantitative estimate of drug-likeness (QED) is 0.816. The molecule has 0 radical (unpaired) electrons. The monoisotopic (exact) mass is 303 g/mol. The zero-order valence-electron chi connectivity index (χ0n) is 12.0. The predicted octanol–water partition coefficient (Wildman–Crippen LogP) is 2.63. The fourth-order valence-corrected chi connectivity index (χ4v) is 3.28. The van der Waals surface area contributed by atoms with Crippen LogP contribution in [0.2, 0.25) is 0 Å². The standard InChI is InChI=1S/C15H17N3O2S/c1-10-7-18(8-11(2)20-10)14-13(9-19)5-12(6-17-14)15-16-3-4-21-15/h3-6,9-11H,7-8H2,1-2H3. The molecule has 2 unspecified atom stereocenters. The molecule has 3 heterocycles. The van der Waals surface area contributed by atoms with Crippen molar-refractivity contribution in [1.29, 1.82) is 0 Å². The number of hydrogen-bond donors (Lipinski definition) is 0. The summed E-state index contributed by atoms with van der Waals surface area (Å²) in [6.07, 6.45) is 4.66. The molecule has 0 saturated carbocycles. The van der Waals surface area contributed by atoms with Gasteiger partial charge < -0.3 is 9.64 Å². The van der Waals surface area contributed by atoms with Crippen LogP contribution in [0, 0.1) is 0 Å². The maximum Gasteiger partial charge on any atom is 0.153 e. The van der Waals surface area contributed by atoms with Crippen LogP contribution < -0.4 is 4.90 Å². The summed E-state index contributed by atoms with van der Waals surface area (Å²) in [5, 5.41) is 2.79. The molecule has 1 saturated heterocycles. The summed E-state index contributed by atoms with van der Waals surface area (Å²) >= 11 is 1.54. The van der Waals surface area contributed by atoms with Crippen LogP contribution >= 0.6 is 11.3 Å². The highest BCUT2D eigenvalue weighted by molar-refractivity contribution is 7.13. The second kappa shape index (κ2) is 5.91. The first kappa shape index (κ1) is 14.2. The van der Waals surface area contributed by atoms with E-state index in [0.29, 0.717) is 5.56 Å². The lowest BCUT2D eigenvalue weighted by molar-refractivity contribution is -0.00549. The molecule has 1 aliphatic rings. The van der Waals surface area contributed by atoms with Gasteiger partial charge in [0.05, 0.1) is 17.8 Å². The molecule has 110 valence electrons. The van der Waals surface area contributed by atoms with Gasteiger partial charge in [-0.2, -0.15) is 0 Å². The van der Waals surface area contributed by atoms with E-state index in [9.17, 15) is 4.79 Å². The van der Waals surface area contributed by atoms with Crippen molar-refractivity contribution in [3.8, 4) is 10.6 Å². The number of rotatable bonds is 3. The number of nitrogens with zero attached hydrogens (tertiary/aromatic N) is 3. The molecule has 0 aromatic carbocycles. The Morgan fingerprint density at radius 3 is 2.71 bits per heavy atom. The molecule has 2 aromatic rings. The summed E-state index contributed by atoms with van der Waals surface area (Å²) in [7, 11) is 0. The van der Waals surface area contributed by atoms with Crippen molar-refractivity contribution < 1.29 is 9.53 Å². The van der Waals surface area contributed by atoms with E-state index in [0.717, 1.165) is 35.8 Å². The number of aldehydes is 1. The molecule has 2 atom stereocenters. The van der Waals surface area contributed by atoms with Crippen molar-refractivity contribution in [1.82, 2.24) is 9.97 Å². The molecule has 5 nitrogen and oxygen atoms in total. The number of morpholine rings is 1. The number of anilines is 1. The van der Waals surface area contributed by atoms with Crippen molar-refractivity contribution in [3.05, 3.63) is 29.4 Å². The lowest BCUT2D eigenvalue weighted by Crippen LogP contribution is -2.46. The summed E-state index contributed by atoms with van der Waals surface area (Å²) in [5.74, 6) is 0.729. The van der Waals surface area contributed by atoms with E-state index in [1.54, 1.807) is 12.4 Å². The first-order chi connectivity index (χ1) is 10.2. The highest BCUT2D eigenvalue weighted by Gasteiger charge is 2.25. The van der Waals surface area contributed by atoms with Crippen LogP contribution in [0.15, 0.2) is 23.8 Å². The number of carbonyl (C=O) groups is 1. The Morgan fingerprint density at radius 2 is 2.10 bits per heavy atom. The lowest BCUT2D eigenvalue weighted by Gasteiger charge is -2.36. The fourth-order valence-electron chi connectivity index (χ4n) is 2.66. The number of carbonyl (C=O) groups excluding carboxylic acids is 1. The second-order valence-electron chi connectivity index (χ2n) is 5.25. The van der Waals surface area contributed by atoms with Crippen LogP contribution in [0.25, 0.3) is 10.6 Å². The fraction of sp³-hybridized carbons (Fsp3) is 0.400. The summed E-state index contributed by atoms with van der Waals surface area (Å²) in [6.45, 7) is 5.56. The highest BCUT2D eigenvalue weighted by Crippen LogP contribution is 2.27. The van der Waals surface area contributed by atoms with Gasteiger partial charge in [0.15, 0.2) is 6.29 Å². The summed E-state index contributed by atoms with van der Waals surface area (Å²) in [6, 6.07) is 1.86. The van der Waals surface area contributed by atoms with Crippen molar-refractivity contribution in [3.63, 3.8) is 0 Å². The molecule has 1 aliphatic heterocycles. The Kier molecular flexibility index (Phi) is 3.98. The third-order valence-corrected chi connectivity index (χ3v) is 4.24. The number of aromatic nitrogens is 2. The zero-order valence-corrected chi connectivity index (χ0v) is 12.8. The molecular weight excluding hydrogens is 286 g/mol. The molecule has 0 bridgehead atoms. The minimum atomic E-state index is 0.133. The van der Waals surface area contributed by atoms with Crippen LogP contribution in [0.5, 0.6) is 0 Å². The van der Waals surface area contributed by atoms with Crippen LogP contribution in [-0.4, -0.2) is 41.6 Å². The summed E-state index contributed by atoms with van der Waals surface area (Å²) in [5.41, 5.74) is 1.48. The van der Waals surface area contributed by atoms with Crippen LogP contribution in [-0.2, 0) is 4.74 Å². The van der Waals surface area contributed by atoms with Gasteiger partial charge in [-0.25, -0.2) is 9.97 Å². The normalized spacial score (nSPS) is 22.3. The van der Waals surface area contributed by atoms with Crippen molar-refractivity contribution in [2.75, 3.05) is 18.0 Å². The van der Waals surface area contributed by atoms with Crippen molar-refractivity contribution in [2.24, 2.45) is 0 Å². The van der Waals surface area contributed by atoms with E-state index in [2.05, 4.69) is 14.9 Å². The molecule has 0 aliphatic carbocycles. The average molecular weight is 303 g/mol. The van der Waals surface area contributed by atoms with E-state index in [-0.39, 0.29) is 12.2 Å². The van der Waals surface area contributed by atoms with E-state index < -0.39 is 0 Å². The van der Waals surface area contributed by atoms with Gasteiger partial charge in [-0.05, 0) is 19.9 Å². The number of pyridine rings is 1. The average Bonchev–Trinajstić information content (AvgIpc) is 2.99. The number of hydrogen-bond acceptors (Lipinski definition) is 6. The summed E-state index contributed by atoms with van der Waals surface area (Å²) in [4.78, 5) is 22.3. The van der Waals surface area contributed by atoms with Gasteiger partial charge >= 0.3 is 0 Å². The first-order valence-electron chi connectivity index (χ1n) is 6.93. The van der Waals surface area contributed by atoms with Crippen LogP contribution in [0.4, 0.5) is 5.82 Å². The number of ether oxygens (including phenoxy) is 1. The third kappa shape index (κ3) is 2.96. The van der Waals surface area contributed by atoms with Crippen molar-refractivity contribution in [2.45, 2.75) is 26.1 Å². The van der Waals surface area contributed by atoms with E-state index >= 15 is 0 Å². The summed E-state index contributed by atoms with van der Waals surface area (Å²) < 4.78 is 5.73. The minimum Gasteiger partial charge on any atom is -0.372 e. The minimum absolute atomic E-state index is 0.133. The Morgan fingerprint density at radius 1 is 1.33 bits per heavy atom. The maximum absolute atomic E-state index is 11.4. The van der Waals surface area contributed by atoms with E-state index in [1.165, 1.54) is 11.3 Å². The van der Waals surface area contributed by atoms with Gasteiger partial charge in [0.1, 0.15) is 10.8 Å². The first-order valence-corrected chi connectivity index (χ1v) is 7.81. The van der Waals surface area contributed by atoms with E-state index in [4.69, 9.17) is 4.74 Å². The van der Waals surface area contributed by atoms with Gasteiger partial charge in [0.2, 0.25) is 0 Å². The molecule has 0 N–H and O–H groups in total. The molecule has 0 spiro atoms. The van der Waals surface area contributed by atoms with Gasteiger partial charge in [-0.1, -0.05) is 0 Å². The molecule has 0 amide bonds. The Balaban J connectivity index is 1.94. The van der Waals surface area contributed by atoms with Gasteiger partial charge in [0, 0.05) is 36.4 Å². The molecule has 1 fully saturated rings. The predicted molar refractivity (Wildman–Crippen MR) is 83.0 cm³/mol. The van der Waals surface area contributed by atoms with Gasteiger partial charge in [0.25, 0.3) is 0 Å². The SMILES string of the molecule is CC1CN(c2ncc(-c3nccs3)cc2C=O)CC(C)O1.